The number of pyridine rings is 1. The largest absolute Gasteiger partial charge is 0.501 e. The van der Waals surface area contributed by atoms with E-state index in [0.717, 1.165) is 29.2 Å². The third-order valence-electron chi connectivity index (χ3n) is 6.34. The molecule has 0 atom stereocenters. The first kappa shape index (κ1) is 23.1. The van der Waals surface area contributed by atoms with Gasteiger partial charge in [-0.3, -0.25) is 9.78 Å². The van der Waals surface area contributed by atoms with Crippen LogP contribution >= 0.6 is 0 Å². The van der Waals surface area contributed by atoms with Crippen LogP contribution in [0, 0.1) is 0 Å². The fourth-order valence-corrected chi connectivity index (χ4v) is 5.15. The van der Waals surface area contributed by atoms with E-state index in [1.54, 1.807) is 30.5 Å². The molecule has 3 aromatic rings. The lowest BCUT2D eigenvalue weighted by Gasteiger charge is -2.22. The van der Waals surface area contributed by atoms with Gasteiger partial charge < -0.3 is 9.64 Å². The molecule has 0 unspecified atom stereocenters. The number of aromatic nitrogens is 1. The molecule has 2 aromatic carbocycles. The summed E-state index contributed by atoms with van der Waals surface area (Å²) in [6.45, 7) is 0.0843. The lowest BCUT2D eigenvalue weighted by Crippen LogP contribution is -2.36. The summed E-state index contributed by atoms with van der Waals surface area (Å²) < 4.78 is 67.3. The first-order valence-corrected chi connectivity index (χ1v) is 12.0. The number of imide groups is 1. The maximum absolute atomic E-state index is 13.4. The minimum Gasteiger partial charge on any atom is -0.496 e. The molecule has 1 saturated carbocycles. The Morgan fingerprint density at radius 1 is 1.06 bits per heavy atom. The van der Waals surface area contributed by atoms with E-state index in [1.165, 1.54) is 12.0 Å². The van der Waals surface area contributed by atoms with Crippen LogP contribution in [-0.2, 0) is 21.2 Å². The molecule has 1 aliphatic heterocycles. The molecule has 8 nitrogen and oxygen atoms in total. The van der Waals surface area contributed by atoms with E-state index in [2.05, 4.69) is 4.98 Å². The Hall–Kier alpha value is -3.67. The highest BCUT2D eigenvalue weighted by atomic mass is 32.2. The Morgan fingerprint density at radius 3 is 2.34 bits per heavy atom. The number of amides is 3. The van der Waals surface area contributed by atoms with E-state index in [-0.39, 0.29) is 12.2 Å². The van der Waals surface area contributed by atoms with Gasteiger partial charge in [-0.2, -0.15) is 13.2 Å². The highest BCUT2D eigenvalue weighted by molar-refractivity contribution is 7.92. The number of nitrogens with zero attached hydrogens (tertiary/aromatic N) is 3. The van der Waals surface area contributed by atoms with Crippen LogP contribution in [0.2, 0.25) is 0 Å². The van der Waals surface area contributed by atoms with Crippen molar-refractivity contribution >= 4 is 38.4 Å². The van der Waals surface area contributed by atoms with Gasteiger partial charge in [-0.25, -0.2) is 18.1 Å². The second-order valence-corrected chi connectivity index (χ2v) is 10.2. The van der Waals surface area contributed by atoms with Crippen molar-refractivity contribution in [1.29, 1.82) is 0 Å². The summed E-state index contributed by atoms with van der Waals surface area (Å²) in [5, 5.41) is 0.703. The summed E-state index contributed by atoms with van der Waals surface area (Å²) in [5.41, 5.74) is -5.15. The van der Waals surface area contributed by atoms with Crippen molar-refractivity contribution < 1.29 is 35.9 Å². The van der Waals surface area contributed by atoms with Crippen molar-refractivity contribution in [2.24, 2.45) is 0 Å². The number of benzene rings is 2. The number of hydrogen-bond acceptors (Lipinski definition) is 6. The molecular formula is C23H18F3N3O5S. The van der Waals surface area contributed by atoms with Gasteiger partial charge in [0.1, 0.15) is 11.3 Å². The molecule has 2 heterocycles. The van der Waals surface area contributed by atoms with Crippen molar-refractivity contribution in [1.82, 2.24) is 9.88 Å². The van der Waals surface area contributed by atoms with Crippen LogP contribution in [0.1, 0.15) is 18.4 Å². The van der Waals surface area contributed by atoms with Gasteiger partial charge in [0.05, 0.1) is 23.2 Å². The van der Waals surface area contributed by atoms with E-state index in [1.807, 2.05) is 0 Å². The van der Waals surface area contributed by atoms with Crippen LogP contribution in [0.25, 0.3) is 10.9 Å². The van der Waals surface area contributed by atoms with E-state index in [9.17, 15) is 31.2 Å². The molecular weight excluding hydrogens is 487 g/mol. The van der Waals surface area contributed by atoms with Crippen LogP contribution < -0.4 is 9.64 Å². The van der Waals surface area contributed by atoms with Gasteiger partial charge >= 0.3 is 11.5 Å². The lowest BCUT2D eigenvalue weighted by molar-refractivity contribution is -0.120. The normalized spacial score (nSPS) is 17.5. The van der Waals surface area contributed by atoms with E-state index < -0.39 is 37.7 Å². The topological polar surface area (TPSA) is 96.9 Å². The average molecular weight is 505 g/mol. The Kier molecular flexibility index (Phi) is 5.06. The maximum atomic E-state index is 13.4. The smallest absolute Gasteiger partial charge is 0.496 e. The fourth-order valence-electron chi connectivity index (χ4n) is 4.38. The number of urea groups is 1. The first-order valence-electron chi connectivity index (χ1n) is 10.5. The predicted molar refractivity (Wildman–Crippen MR) is 118 cm³/mol. The second-order valence-electron chi connectivity index (χ2n) is 8.31. The van der Waals surface area contributed by atoms with Gasteiger partial charge in [-0.15, -0.1) is 0 Å². The number of carbonyl (C=O) groups excluding carboxylic acids is 2. The molecule has 0 bridgehead atoms. The molecule has 0 radical (unpaired) electrons. The quantitative estimate of drug-likeness (QED) is 0.486. The van der Waals surface area contributed by atoms with Crippen molar-refractivity contribution in [2.45, 2.75) is 35.3 Å². The SMILES string of the molecule is COc1cccc2nccc(CN3C(=O)N(c4ccc(S(=O)(=O)C(F)(F)F)cc4)C(=O)C34CC4)c12. The van der Waals surface area contributed by atoms with E-state index >= 15 is 0 Å². The van der Waals surface area contributed by atoms with Gasteiger partial charge in [0, 0.05) is 18.1 Å². The summed E-state index contributed by atoms with van der Waals surface area (Å²) in [6.07, 6.45) is 2.47. The minimum atomic E-state index is -5.55. The number of sulfone groups is 1. The summed E-state index contributed by atoms with van der Waals surface area (Å²) in [5.74, 6) is 0.0611. The molecule has 5 rings (SSSR count). The van der Waals surface area contributed by atoms with Gasteiger partial charge in [0.15, 0.2) is 0 Å². The number of methoxy groups -OCH3 is 1. The standard InChI is InChI=1S/C23H18F3N3O5S/c1-34-18-4-2-3-17-19(18)14(9-12-27-17)13-28-21(31)29(20(30)22(28)10-11-22)15-5-7-16(8-6-15)35(32,33)23(24,25)26/h2-9,12H,10-11,13H2,1H3. The van der Waals surface area contributed by atoms with Crippen LogP contribution in [0.4, 0.5) is 23.7 Å². The van der Waals surface area contributed by atoms with Crippen LogP contribution in [0.3, 0.4) is 0 Å². The van der Waals surface area contributed by atoms with Crippen LogP contribution in [0.5, 0.6) is 5.75 Å². The Morgan fingerprint density at radius 2 is 1.74 bits per heavy atom. The lowest BCUT2D eigenvalue weighted by atomic mass is 10.1. The second kappa shape index (κ2) is 7.67. The average Bonchev–Trinajstić information content (AvgIpc) is 3.60. The molecule has 1 saturated heterocycles. The number of fused-ring (bicyclic) bond motifs is 1. The monoisotopic (exact) mass is 505 g/mol. The number of hydrogen-bond donors (Lipinski definition) is 0. The van der Waals surface area contributed by atoms with Gasteiger partial charge in [-0.05, 0) is 60.9 Å². The summed E-state index contributed by atoms with van der Waals surface area (Å²) >= 11 is 0. The summed E-state index contributed by atoms with van der Waals surface area (Å²) in [4.78, 5) is 32.3. The van der Waals surface area contributed by atoms with E-state index in [4.69, 9.17) is 4.74 Å². The summed E-state index contributed by atoms with van der Waals surface area (Å²) in [6, 6.07) is 9.97. The molecule has 2 fully saturated rings. The van der Waals surface area contributed by atoms with Crippen LogP contribution in [0.15, 0.2) is 59.6 Å². The third-order valence-corrected chi connectivity index (χ3v) is 7.84. The van der Waals surface area contributed by atoms with Crippen LogP contribution in [-0.4, -0.2) is 48.4 Å². The zero-order chi connectivity index (χ0) is 25.2. The maximum Gasteiger partial charge on any atom is 0.501 e. The van der Waals surface area contributed by atoms with Gasteiger partial charge in [-0.1, -0.05) is 6.07 Å². The molecule has 0 N–H and O–H groups in total. The molecule has 1 spiro atoms. The molecule has 12 heteroatoms. The van der Waals surface area contributed by atoms with Crippen molar-refractivity contribution in [3.05, 3.63) is 60.3 Å². The minimum absolute atomic E-state index is 0.00735. The number of rotatable bonds is 5. The molecule has 35 heavy (non-hydrogen) atoms. The van der Waals surface area contributed by atoms with Gasteiger partial charge in [0.25, 0.3) is 15.7 Å². The molecule has 182 valence electrons. The Labute approximate surface area is 197 Å². The first-order chi connectivity index (χ1) is 16.5. The zero-order valence-corrected chi connectivity index (χ0v) is 19.1. The molecule has 1 aliphatic carbocycles. The Balaban J connectivity index is 1.50. The fraction of sp³-hybridized carbons (Fsp3) is 0.261. The van der Waals surface area contributed by atoms with Crippen molar-refractivity contribution in [3.8, 4) is 5.75 Å². The number of anilines is 1. The van der Waals surface area contributed by atoms with E-state index in [0.29, 0.717) is 35.1 Å². The summed E-state index contributed by atoms with van der Waals surface area (Å²) in [7, 11) is -4.03. The van der Waals surface area contributed by atoms with Gasteiger partial charge in [0.2, 0.25) is 0 Å². The molecule has 3 amide bonds. The number of alkyl halides is 3. The third kappa shape index (κ3) is 3.42. The molecule has 2 aliphatic rings. The Bertz CT molecular complexity index is 1460. The molecule has 1 aromatic heterocycles. The van der Waals surface area contributed by atoms with Crippen molar-refractivity contribution in [3.63, 3.8) is 0 Å². The number of carbonyl (C=O) groups is 2. The number of halogens is 3. The zero-order valence-electron chi connectivity index (χ0n) is 18.2. The highest BCUT2D eigenvalue weighted by Gasteiger charge is 2.65. The highest BCUT2D eigenvalue weighted by Crippen LogP contribution is 2.50. The van der Waals surface area contributed by atoms with Crippen molar-refractivity contribution in [2.75, 3.05) is 12.0 Å². The predicted octanol–water partition coefficient (Wildman–Crippen LogP) is 4.04. The number of ether oxygens (including phenoxy) is 1.